The number of amides is 2. The van der Waals surface area contributed by atoms with Gasteiger partial charge in [0.05, 0.1) is 17.7 Å². The van der Waals surface area contributed by atoms with E-state index in [-0.39, 0.29) is 36.3 Å². The molecule has 1 aliphatic rings. The van der Waals surface area contributed by atoms with Gasteiger partial charge in [-0.2, -0.15) is 5.26 Å². The van der Waals surface area contributed by atoms with Crippen molar-refractivity contribution >= 4 is 12.0 Å². The van der Waals surface area contributed by atoms with Gasteiger partial charge in [-0.1, -0.05) is 39.8 Å². The lowest BCUT2D eigenvalue weighted by molar-refractivity contribution is -0.131. The maximum absolute atomic E-state index is 12.6. The van der Waals surface area contributed by atoms with E-state index in [2.05, 4.69) is 6.07 Å². The van der Waals surface area contributed by atoms with Crippen molar-refractivity contribution in [3.8, 4) is 6.07 Å². The molecule has 1 saturated heterocycles. The van der Waals surface area contributed by atoms with Crippen LogP contribution in [-0.2, 0) is 9.53 Å². The Morgan fingerprint density at radius 3 is 2.52 bits per heavy atom. The van der Waals surface area contributed by atoms with Gasteiger partial charge < -0.3 is 4.74 Å². The number of benzene rings is 1. The van der Waals surface area contributed by atoms with Gasteiger partial charge in [-0.15, -0.1) is 0 Å². The van der Waals surface area contributed by atoms with Gasteiger partial charge in [0.15, 0.2) is 0 Å². The van der Waals surface area contributed by atoms with Crippen LogP contribution in [0.1, 0.15) is 51.2 Å². The molecule has 122 valence electrons. The number of rotatable bonds is 3. The number of nitriles is 1. The Hall–Kier alpha value is -2.35. The molecule has 1 heterocycles. The highest BCUT2D eigenvalue weighted by molar-refractivity contribution is 5.94. The Morgan fingerprint density at radius 1 is 1.39 bits per heavy atom. The van der Waals surface area contributed by atoms with E-state index in [1.807, 2.05) is 39.8 Å². The van der Waals surface area contributed by atoms with E-state index in [1.165, 1.54) is 4.90 Å². The molecule has 1 aromatic rings. The number of nitrogens with zero attached hydrogens (tertiary/aromatic N) is 2. The van der Waals surface area contributed by atoms with Crippen molar-refractivity contribution in [1.29, 1.82) is 5.26 Å². The molecule has 0 bridgehead atoms. The first-order valence-corrected chi connectivity index (χ1v) is 7.73. The van der Waals surface area contributed by atoms with Crippen LogP contribution in [-0.4, -0.2) is 29.5 Å². The number of ether oxygens (including phenoxy) is 1. The summed E-state index contributed by atoms with van der Waals surface area (Å²) in [5.41, 5.74) is 1.33. The second-order valence-electron chi connectivity index (χ2n) is 7.06. The van der Waals surface area contributed by atoms with Crippen LogP contribution in [0, 0.1) is 16.7 Å². The maximum atomic E-state index is 12.6. The van der Waals surface area contributed by atoms with Crippen molar-refractivity contribution in [2.75, 3.05) is 6.61 Å². The Balaban J connectivity index is 2.10. The summed E-state index contributed by atoms with van der Waals surface area (Å²) in [5.74, 6) is -0.256. The predicted molar refractivity (Wildman–Crippen MR) is 85.6 cm³/mol. The molecule has 0 N–H and O–H groups in total. The monoisotopic (exact) mass is 314 g/mol. The lowest BCUT2D eigenvalue weighted by Crippen LogP contribution is -2.46. The molecule has 0 spiro atoms. The van der Waals surface area contributed by atoms with E-state index in [4.69, 9.17) is 10.00 Å². The van der Waals surface area contributed by atoms with Gasteiger partial charge in [-0.25, -0.2) is 9.69 Å². The molecule has 1 aromatic carbocycles. The number of carbonyl (C=O) groups excluding carboxylic acids is 2. The quantitative estimate of drug-likeness (QED) is 0.857. The molecule has 0 radical (unpaired) electrons. The number of imide groups is 1. The van der Waals surface area contributed by atoms with Gasteiger partial charge in [0.25, 0.3) is 0 Å². The molecule has 23 heavy (non-hydrogen) atoms. The molecule has 2 atom stereocenters. The SMILES string of the molecule is C[C@H](CC(=O)N1C(=O)OC[C@@H]1C(C)(C)C)c1ccc(C#N)cc1. The lowest BCUT2D eigenvalue weighted by atomic mass is 9.86. The van der Waals surface area contributed by atoms with E-state index in [9.17, 15) is 9.59 Å². The minimum Gasteiger partial charge on any atom is -0.447 e. The maximum Gasteiger partial charge on any atom is 0.416 e. The third-order valence-electron chi connectivity index (χ3n) is 4.23. The van der Waals surface area contributed by atoms with Gasteiger partial charge in [0, 0.05) is 6.42 Å². The fraction of sp³-hybridized carbons (Fsp3) is 0.500. The van der Waals surface area contributed by atoms with Crippen LogP contribution < -0.4 is 0 Å². The first-order valence-electron chi connectivity index (χ1n) is 7.73. The third kappa shape index (κ3) is 3.70. The van der Waals surface area contributed by atoms with Crippen molar-refractivity contribution < 1.29 is 14.3 Å². The molecule has 0 aromatic heterocycles. The van der Waals surface area contributed by atoms with E-state index in [0.717, 1.165) is 5.56 Å². The Labute approximate surface area is 136 Å². The summed E-state index contributed by atoms with van der Waals surface area (Å²) in [7, 11) is 0. The largest absolute Gasteiger partial charge is 0.447 e. The van der Waals surface area contributed by atoms with Gasteiger partial charge >= 0.3 is 6.09 Å². The van der Waals surface area contributed by atoms with Crippen molar-refractivity contribution in [2.45, 2.75) is 46.1 Å². The summed E-state index contributed by atoms with van der Waals surface area (Å²) >= 11 is 0. The Kier molecular flexibility index (Phi) is 4.74. The fourth-order valence-corrected chi connectivity index (χ4v) is 2.70. The molecule has 0 aliphatic carbocycles. The number of hydrogen-bond donors (Lipinski definition) is 0. The summed E-state index contributed by atoms with van der Waals surface area (Å²) in [6, 6.07) is 8.99. The van der Waals surface area contributed by atoms with Gasteiger partial charge in [0.1, 0.15) is 6.61 Å². The smallest absolute Gasteiger partial charge is 0.416 e. The standard InChI is InChI=1S/C18H22N2O3/c1-12(14-7-5-13(10-19)6-8-14)9-16(21)20-15(18(2,3)4)11-23-17(20)22/h5-8,12,15H,9,11H2,1-4H3/t12-,15-/m1/s1. The van der Waals surface area contributed by atoms with Crippen molar-refractivity contribution in [2.24, 2.45) is 5.41 Å². The van der Waals surface area contributed by atoms with E-state index in [0.29, 0.717) is 5.56 Å². The zero-order chi connectivity index (χ0) is 17.2. The summed E-state index contributed by atoms with van der Waals surface area (Å²) in [5, 5.41) is 8.83. The lowest BCUT2D eigenvalue weighted by Gasteiger charge is -2.31. The summed E-state index contributed by atoms with van der Waals surface area (Å²) in [6.45, 7) is 8.16. The summed E-state index contributed by atoms with van der Waals surface area (Å²) in [4.78, 5) is 25.8. The molecule has 1 fully saturated rings. The van der Waals surface area contributed by atoms with E-state index in [1.54, 1.807) is 12.1 Å². The van der Waals surface area contributed by atoms with Crippen molar-refractivity contribution in [3.63, 3.8) is 0 Å². The second kappa shape index (κ2) is 6.41. The average Bonchev–Trinajstić information content (AvgIpc) is 2.89. The van der Waals surface area contributed by atoms with Crippen LogP contribution in [0.4, 0.5) is 4.79 Å². The van der Waals surface area contributed by atoms with Gasteiger partial charge in [-0.05, 0) is 29.0 Å². The Morgan fingerprint density at radius 2 is 2.00 bits per heavy atom. The highest BCUT2D eigenvalue weighted by atomic mass is 16.6. The molecule has 5 heteroatoms. The average molecular weight is 314 g/mol. The number of carbonyl (C=O) groups is 2. The van der Waals surface area contributed by atoms with Crippen LogP contribution >= 0.6 is 0 Å². The first-order chi connectivity index (χ1) is 10.7. The summed E-state index contributed by atoms with van der Waals surface area (Å²) < 4.78 is 5.07. The molecule has 2 rings (SSSR count). The number of cyclic esters (lactones) is 1. The van der Waals surface area contributed by atoms with Crippen LogP contribution in [0.2, 0.25) is 0 Å². The zero-order valence-corrected chi connectivity index (χ0v) is 14.0. The molecule has 5 nitrogen and oxygen atoms in total. The molecule has 1 aliphatic heterocycles. The molecule has 0 saturated carbocycles. The summed E-state index contributed by atoms with van der Waals surface area (Å²) in [6.07, 6.45) is -0.324. The predicted octanol–water partition coefficient (Wildman–Crippen LogP) is 3.45. The number of hydrogen-bond acceptors (Lipinski definition) is 4. The van der Waals surface area contributed by atoms with Gasteiger partial charge in [0.2, 0.25) is 5.91 Å². The highest BCUT2D eigenvalue weighted by Gasteiger charge is 2.44. The normalized spacial score (nSPS) is 19.2. The minimum absolute atomic E-state index is 0.0377. The van der Waals surface area contributed by atoms with E-state index >= 15 is 0 Å². The highest BCUT2D eigenvalue weighted by Crippen LogP contribution is 2.31. The van der Waals surface area contributed by atoms with Crippen LogP contribution in [0.25, 0.3) is 0 Å². The van der Waals surface area contributed by atoms with Crippen LogP contribution in [0.15, 0.2) is 24.3 Å². The fourth-order valence-electron chi connectivity index (χ4n) is 2.70. The van der Waals surface area contributed by atoms with Crippen molar-refractivity contribution in [3.05, 3.63) is 35.4 Å². The molecule has 0 unspecified atom stereocenters. The topological polar surface area (TPSA) is 70.4 Å². The van der Waals surface area contributed by atoms with E-state index < -0.39 is 6.09 Å². The van der Waals surface area contributed by atoms with Gasteiger partial charge in [-0.3, -0.25) is 4.79 Å². The van der Waals surface area contributed by atoms with Crippen molar-refractivity contribution in [1.82, 2.24) is 4.90 Å². The minimum atomic E-state index is -0.554. The first kappa shape index (κ1) is 17.0. The van der Waals surface area contributed by atoms with Crippen LogP contribution in [0.3, 0.4) is 0 Å². The zero-order valence-electron chi connectivity index (χ0n) is 14.0. The second-order valence-corrected chi connectivity index (χ2v) is 7.06. The molecular weight excluding hydrogens is 292 g/mol. The van der Waals surface area contributed by atoms with Crippen LogP contribution in [0.5, 0.6) is 0 Å². The molecular formula is C18H22N2O3. The third-order valence-corrected chi connectivity index (χ3v) is 4.23. The Bertz CT molecular complexity index is 638. The molecule has 2 amide bonds.